The zero-order valence-corrected chi connectivity index (χ0v) is 19.6. The molecule has 7 nitrogen and oxygen atoms in total. The van der Waals surface area contributed by atoms with E-state index in [1.807, 2.05) is 0 Å². The number of benzene rings is 3. The summed E-state index contributed by atoms with van der Waals surface area (Å²) in [4.78, 5) is 4.37. The number of sulfone groups is 1. The highest BCUT2D eigenvalue weighted by atomic mass is 35.5. The molecule has 0 aliphatic carbocycles. The third kappa shape index (κ3) is 4.15. The summed E-state index contributed by atoms with van der Waals surface area (Å²) in [5, 5.41) is 10.5. The summed E-state index contributed by atoms with van der Waals surface area (Å²) in [5.41, 5.74) is -0.740. The maximum atomic E-state index is 13.4. The molecule has 1 N–H and O–H groups in total. The molecule has 0 aliphatic rings. The van der Waals surface area contributed by atoms with Crippen molar-refractivity contribution in [1.29, 1.82) is 0 Å². The van der Waals surface area contributed by atoms with E-state index in [2.05, 4.69) is 20.6 Å². The largest absolute Gasteiger partial charge is 0.417 e. The van der Waals surface area contributed by atoms with E-state index in [4.69, 9.17) is 23.2 Å². The predicted octanol–water partition coefficient (Wildman–Crippen LogP) is 6.18. The number of aromatic nitrogens is 4. The Morgan fingerprint density at radius 1 is 0.943 bits per heavy atom. The molecule has 0 saturated carbocycles. The van der Waals surface area contributed by atoms with Crippen molar-refractivity contribution in [3.8, 4) is 0 Å². The SMILES string of the molecule is O=S(=O)(c1ccccc1)c1nnn2c1nc(Nc1ccc(Cl)c(C(F)(F)F)c1)c1cc(Cl)ccc12. The van der Waals surface area contributed by atoms with Gasteiger partial charge in [-0.3, -0.25) is 0 Å². The van der Waals surface area contributed by atoms with Gasteiger partial charge in [0, 0.05) is 16.1 Å². The molecule has 0 unspecified atom stereocenters. The van der Waals surface area contributed by atoms with Gasteiger partial charge in [0.05, 0.1) is 21.0 Å². The second-order valence-electron chi connectivity index (χ2n) is 7.39. The lowest BCUT2D eigenvalue weighted by molar-refractivity contribution is -0.137. The minimum absolute atomic E-state index is 0.0116. The summed E-state index contributed by atoms with van der Waals surface area (Å²) in [5.74, 6) is 0.0530. The molecule has 0 spiro atoms. The quantitative estimate of drug-likeness (QED) is 0.294. The molecule has 0 fully saturated rings. The number of nitrogens with one attached hydrogen (secondary N) is 1. The fraction of sp³-hybridized carbons (Fsp3) is 0.0455. The monoisotopic (exact) mass is 537 g/mol. The van der Waals surface area contributed by atoms with Gasteiger partial charge in [-0.05, 0) is 48.5 Å². The van der Waals surface area contributed by atoms with E-state index >= 15 is 0 Å². The van der Waals surface area contributed by atoms with E-state index in [0.717, 1.165) is 12.1 Å². The molecule has 2 aromatic heterocycles. The van der Waals surface area contributed by atoms with Crippen LogP contribution in [0.4, 0.5) is 24.7 Å². The Hall–Kier alpha value is -3.41. The number of anilines is 2. The van der Waals surface area contributed by atoms with Crippen LogP contribution in [0.15, 0.2) is 76.7 Å². The Labute approximate surface area is 206 Å². The second-order valence-corrected chi connectivity index (χ2v) is 10.1. The lowest BCUT2D eigenvalue weighted by atomic mass is 10.1. The molecule has 0 saturated heterocycles. The molecule has 0 atom stereocenters. The first-order valence-corrected chi connectivity index (χ1v) is 12.1. The number of nitrogens with zero attached hydrogens (tertiary/aromatic N) is 4. The van der Waals surface area contributed by atoms with Gasteiger partial charge in [-0.25, -0.2) is 13.4 Å². The highest BCUT2D eigenvalue weighted by Gasteiger charge is 2.33. The first-order valence-electron chi connectivity index (χ1n) is 9.84. The van der Waals surface area contributed by atoms with Crippen LogP contribution in [0, 0.1) is 0 Å². The van der Waals surface area contributed by atoms with E-state index in [1.165, 1.54) is 28.8 Å². The van der Waals surface area contributed by atoms with Crippen molar-refractivity contribution in [2.45, 2.75) is 16.1 Å². The van der Waals surface area contributed by atoms with Crippen LogP contribution in [-0.2, 0) is 16.0 Å². The van der Waals surface area contributed by atoms with Gasteiger partial charge >= 0.3 is 6.18 Å². The number of fused-ring (bicyclic) bond motifs is 3. The van der Waals surface area contributed by atoms with Crippen LogP contribution < -0.4 is 5.32 Å². The second kappa shape index (κ2) is 8.36. The molecule has 0 amide bonds. The summed E-state index contributed by atoms with van der Waals surface area (Å²) < 4.78 is 67.7. The Morgan fingerprint density at radius 2 is 1.69 bits per heavy atom. The average molecular weight is 538 g/mol. The zero-order valence-electron chi connectivity index (χ0n) is 17.3. The zero-order chi connectivity index (χ0) is 25.0. The molecular formula is C22H12Cl2F3N5O2S. The van der Waals surface area contributed by atoms with E-state index in [1.54, 1.807) is 30.3 Å². The van der Waals surface area contributed by atoms with Gasteiger partial charge in [0.15, 0.2) is 5.65 Å². The fourth-order valence-electron chi connectivity index (χ4n) is 3.51. The molecule has 13 heteroatoms. The van der Waals surface area contributed by atoms with Crippen molar-refractivity contribution < 1.29 is 21.6 Å². The topological polar surface area (TPSA) is 89.2 Å². The van der Waals surface area contributed by atoms with Gasteiger partial charge in [0.2, 0.25) is 14.9 Å². The molecule has 0 radical (unpaired) electrons. The van der Waals surface area contributed by atoms with Crippen molar-refractivity contribution in [2.24, 2.45) is 0 Å². The van der Waals surface area contributed by atoms with Gasteiger partial charge in [-0.2, -0.15) is 17.7 Å². The molecule has 5 rings (SSSR count). The minimum atomic E-state index is -4.68. The molecule has 3 aromatic carbocycles. The lowest BCUT2D eigenvalue weighted by Gasteiger charge is -2.14. The maximum Gasteiger partial charge on any atom is 0.417 e. The number of rotatable bonds is 4. The van der Waals surface area contributed by atoms with Crippen molar-refractivity contribution in [1.82, 2.24) is 19.8 Å². The van der Waals surface area contributed by atoms with E-state index in [9.17, 15) is 21.6 Å². The summed E-state index contributed by atoms with van der Waals surface area (Å²) in [6.07, 6.45) is -4.68. The Balaban J connectivity index is 1.73. The average Bonchev–Trinajstić information content (AvgIpc) is 3.25. The third-order valence-electron chi connectivity index (χ3n) is 5.12. The fourth-order valence-corrected chi connectivity index (χ4v) is 5.16. The predicted molar refractivity (Wildman–Crippen MR) is 125 cm³/mol. The van der Waals surface area contributed by atoms with Crippen LogP contribution in [0.3, 0.4) is 0 Å². The van der Waals surface area contributed by atoms with E-state index < -0.39 is 31.6 Å². The van der Waals surface area contributed by atoms with Crippen LogP contribution in [0.5, 0.6) is 0 Å². The summed E-state index contributed by atoms with van der Waals surface area (Å²) in [7, 11) is -4.10. The smallest absolute Gasteiger partial charge is 0.340 e. The van der Waals surface area contributed by atoms with Gasteiger partial charge in [-0.15, -0.1) is 5.10 Å². The number of halogens is 5. The Morgan fingerprint density at radius 3 is 2.40 bits per heavy atom. The first-order chi connectivity index (χ1) is 16.6. The van der Waals surface area contributed by atoms with Crippen LogP contribution in [0.2, 0.25) is 10.0 Å². The van der Waals surface area contributed by atoms with E-state index in [0.29, 0.717) is 15.9 Å². The molecule has 0 aliphatic heterocycles. The van der Waals surface area contributed by atoms with Gasteiger partial charge in [-0.1, -0.05) is 46.6 Å². The van der Waals surface area contributed by atoms with E-state index in [-0.39, 0.29) is 22.0 Å². The lowest BCUT2D eigenvalue weighted by Crippen LogP contribution is -2.08. The highest BCUT2D eigenvalue weighted by molar-refractivity contribution is 7.91. The van der Waals surface area contributed by atoms with Crippen LogP contribution in [-0.4, -0.2) is 28.2 Å². The van der Waals surface area contributed by atoms with Crippen molar-refractivity contribution in [2.75, 3.05) is 5.32 Å². The molecule has 2 heterocycles. The molecule has 35 heavy (non-hydrogen) atoms. The highest BCUT2D eigenvalue weighted by Crippen LogP contribution is 2.37. The maximum absolute atomic E-state index is 13.4. The van der Waals surface area contributed by atoms with Crippen LogP contribution >= 0.6 is 23.2 Å². The summed E-state index contributed by atoms with van der Waals surface area (Å²) >= 11 is 11.9. The number of hydrogen-bond donors (Lipinski definition) is 1. The van der Waals surface area contributed by atoms with Crippen molar-refractivity contribution >= 4 is 61.1 Å². The number of hydrogen-bond acceptors (Lipinski definition) is 6. The molecule has 0 bridgehead atoms. The van der Waals surface area contributed by atoms with Crippen molar-refractivity contribution in [3.05, 3.63) is 82.3 Å². The van der Waals surface area contributed by atoms with Crippen molar-refractivity contribution in [3.63, 3.8) is 0 Å². The van der Waals surface area contributed by atoms with Gasteiger partial charge < -0.3 is 5.32 Å². The Bertz CT molecular complexity index is 1710. The molecule has 178 valence electrons. The van der Waals surface area contributed by atoms with Gasteiger partial charge in [0.25, 0.3) is 0 Å². The molecular weight excluding hydrogens is 526 g/mol. The Kier molecular flexibility index (Phi) is 5.58. The molecule has 5 aromatic rings. The standard InChI is InChI=1S/C22H12Cl2F3N5O2S/c23-12-6-9-18-15(10-12)19(28-13-7-8-17(24)16(11-13)22(25,26)27)29-20-21(30-31-32(18)20)35(33,34)14-4-2-1-3-5-14/h1-11H,(H,28,29). The van der Waals surface area contributed by atoms with Crippen LogP contribution in [0.1, 0.15) is 5.56 Å². The first kappa shape index (κ1) is 23.3. The van der Waals surface area contributed by atoms with Crippen LogP contribution in [0.25, 0.3) is 16.6 Å². The number of alkyl halides is 3. The minimum Gasteiger partial charge on any atom is -0.340 e. The summed E-state index contributed by atoms with van der Waals surface area (Å²) in [6.45, 7) is 0. The normalized spacial score (nSPS) is 12.4. The summed E-state index contributed by atoms with van der Waals surface area (Å²) in [6, 6.07) is 15.6. The van der Waals surface area contributed by atoms with Gasteiger partial charge in [0.1, 0.15) is 5.82 Å². The third-order valence-corrected chi connectivity index (χ3v) is 7.35.